The average Bonchev–Trinajstić information content (AvgIpc) is 1.88. The molecule has 0 aromatic rings. The van der Waals surface area contributed by atoms with Gasteiger partial charge in [-0.15, -0.1) is 0 Å². The maximum Gasteiger partial charge on any atom is 0.508 e. The Hall–Kier alpha value is -0.730. The summed E-state index contributed by atoms with van der Waals surface area (Å²) < 4.78 is 9.18. The van der Waals surface area contributed by atoms with Crippen LogP contribution in [0.4, 0.5) is 4.79 Å². The molecule has 3 heteroatoms. The van der Waals surface area contributed by atoms with Gasteiger partial charge in [0.15, 0.2) is 0 Å². The molecule has 1 unspecified atom stereocenters. The van der Waals surface area contributed by atoms with E-state index in [4.69, 9.17) is 4.74 Å². The molecule has 0 aliphatic carbocycles. The smallest absolute Gasteiger partial charge is 0.434 e. The highest BCUT2D eigenvalue weighted by Crippen LogP contribution is 1.97. The summed E-state index contributed by atoms with van der Waals surface area (Å²) in [5.41, 5.74) is 0. The molecule has 59 valence electrons. The Kier molecular flexibility index (Phi) is 4.72. The van der Waals surface area contributed by atoms with Gasteiger partial charge in [0.05, 0.1) is 6.61 Å². The third-order valence-electron chi connectivity index (χ3n) is 1.09. The molecule has 1 radical (unpaired) electrons. The summed E-state index contributed by atoms with van der Waals surface area (Å²) >= 11 is 0. The first-order chi connectivity index (χ1) is 4.70. The maximum atomic E-state index is 10.5. The van der Waals surface area contributed by atoms with Crippen molar-refractivity contribution in [3.05, 3.63) is 6.92 Å². The van der Waals surface area contributed by atoms with Gasteiger partial charge in [0.2, 0.25) is 0 Å². The van der Waals surface area contributed by atoms with E-state index < -0.39 is 6.16 Å². The third kappa shape index (κ3) is 4.18. The van der Waals surface area contributed by atoms with E-state index in [0.29, 0.717) is 0 Å². The molecule has 0 fully saturated rings. The number of rotatable bonds is 3. The first-order valence-electron chi connectivity index (χ1n) is 3.33. The molecule has 1 atom stereocenters. The largest absolute Gasteiger partial charge is 0.508 e. The molecule has 0 saturated heterocycles. The van der Waals surface area contributed by atoms with Gasteiger partial charge in [0, 0.05) is 0 Å². The van der Waals surface area contributed by atoms with E-state index in [1.165, 1.54) is 0 Å². The van der Waals surface area contributed by atoms with Crippen molar-refractivity contribution in [2.75, 3.05) is 6.61 Å². The second kappa shape index (κ2) is 5.09. The van der Waals surface area contributed by atoms with Gasteiger partial charge < -0.3 is 9.47 Å². The Balaban J connectivity index is 3.37. The SMILES string of the molecule is [CH2]COC(=O)OC(C)CC. The van der Waals surface area contributed by atoms with Gasteiger partial charge in [-0.2, -0.15) is 0 Å². The molecular formula is C7H13O3. The summed E-state index contributed by atoms with van der Waals surface area (Å²) in [6.07, 6.45) is 0.0927. The fourth-order valence-corrected chi connectivity index (χ4v) is 0.365. The summed E-state index contributed by atoms with van der Waals surface area (Å²) in [5.74, 6) is 0. The first kappa shape index (κ1) is 9.27. The maximum absolute atomic E-state index is 10.5. The molecule has 0 saturated carbocycles. The molecule has 0 aromatic heterocycles. The van der Waals surface area contributed by atoms with Crippen LogP contribution >= 0.6 is 0 Å². The van der Waals surface area contributed by atoms with Gasteiger partial charge in [0.1, 0.15) is 6.10 Å². The number of ether oxygens (including phenoxy) is 2. The van der Waals surface area contributed by atoms with Crippen LogP contribution in [0.25, 0.3) is 0 Å². The monoisotopic (exact) mass is 145 g/mol. The molecule has 0 bridgehead atoms. The zero-order valence-corrected chi connectivity index (χ0v) is 6.42. The van der Waals surface area contributed by atoms with Gasteiger partial charge in [-0.05, 0) is 20.3 Å². The van der Waals surface area contributed by atoms with Crippen LogP contribution < -0.4 is 0 Å². The lowest BCUT2D eigenvalue weighted by molar-refractivity contribution is 0.0342. The van der Waals surface area contributed by atoms with Crippen LogP contribution in [0.15, 0.2) is 0 Å². The summed E-state index contributed by atoms with van der Waals surface area (Å²) in [5, 5.41) is 0. The fourth-order valence-electron chi connectivity index (χ4n) is 0.365. The normalized spacial score (nSPS) is 12.3. The van der Waals surface area contributed by atoms with Crippen LogP contribution in [0.3, 0.4) is 0 Å². The van der Waals surface area contributed by atoms with Crippen LogP contribution in [-0.4, -0.2) is 18.9 Å². The highest BCUT2D eigenvalue weighted by atomic mass is 16.7. The summed E-state index contributed by atoms with van der Waals surface area (Å²) in [7, 11) is 0. The van der Waals surface area contributed by atoms with E-state index >= 15 is 0 Å². The highest BCUT2D eigenvalue weighted by molar-refractivity contribution is 5.60. The number of carbonyl (C=O) groups is 1. The molecule has 0 aliphatic rings. The zero-order chi connectivity index (χ0) is 7.98. The molecule has 0 amide bonds. The van der Waals surface area contributed by atoms with Crippen molar-refractivity contribution in [1.82, 2.24) is 0 Å². The lowest BCUT2D eigenvalue weighted by Gasteiger charge is -2.09. The zero-order valence-electron chi connectivity index (χ0n) is 6.42. The molecule has 3 nitrogen and oxygen atoms in total. The molecule has 0 rings (SSSR count). The molecular weight excluding hydrogens is 132 g/mol. The molecule has 0 aliphatic heterocycles. The van der Waals surface area contributed by atoms with Crippen LogP contribution in [0.2, 0.25) is 0 Å². The van der Waals surface area contributed by atoms with Gasteiger partial charge in [-0.25, -0.2) is 4.79 Å². The van der Waals surface area contributed by atoms with Crippen molar-refractivity contribution in [3.63, 3.8) is 0 Å². The highest BCUT2D eigenvalue weighted by Gasteiger charge is 2.06. The van der Waals surface area contributed by atoms with Crippen molar-refractivity contribution in [2.24, 2.45) is 0 Å². The Morgan fingerprint density at radius 1 is 1.70 bits per heavy atom. The van der Waals surface area contributed by atoms with Gasteiger partial charge >= 0.3 is 6.16 Å². The van der Waals surface area contributed by atoms with Gasteiger partial charge in [-0.3, -0.25) is 0 Å². The van der Waals surface area contributed by atoms with Crippen molar-refractivity contribution >= 4 is 6.16 Å². The van der Waals surface area contributed by atoms with Gasteiger partial charge in [-0.1, -0.05) is 6.92 Å². The lowest BCUT2D eigenvalue weighted by atomic mass is 10.3. The predicted octanol–water partition coefficient (Wildman–Crippen LogP) is 1.77. The Bertz CT molecular complexity index is 101. The second-order valence-corrected chi connectivity index (χ2v) is 1.94. The van der Waals surface area contributed by atoms with E-state index in [1.54, 1.807) is 0 Å². The average molecular weight is 145 g/mol. The van der Waals surface area contributed by atoms with Crippen molar-refractivity contribution in [2.45, 2.75) is 26.4 Å². The summed E-state index contributed by atoms with van der Waals surface area (Å²) in [6, 6.07) is 0. The third-order valence-corrected chi connectivity index (χ3v) is 1.09. The minimum absolute atomic E-state index is 0.0703. The van der Waals surface area contributed by atoms with Crippen LogP contribution in [-0.2, 0) is 9.47 Å². The van der Waals surface area contributed by atoms with E-state index in [2.05, 4.69) is 11.7 Å². The second-order valence-electron chi connectivity index (χ2n) is 1.94. The van der Waals surface area contributed by atoms with Crippen molar-refractivity contribution < 1.29 is 14.3 Å². The van der Waals surface area contributed by atoms with Gasteiger partial charge in [0.25, 0.3) is 0 Å². The van der Waals surface area contributed by atoms with E-state index in [0.717, 1.165) is 6.42 Å². The van der Waals surface area contributed by atoms with Crippen molar-refractivity contribution in [3.8, 4) is 0 Å². The molecule has 10 heavy (non-hydrogen) atoms. The quantitative estimate of drug-likeness (QED) is 0.568. The lowest BCUT2D eigenvalue weighted by Crippen LogP contribution is -2.14. The number of hydrogen-bond donors (Lipinski definition) is 0. The molecule has 0 spiro atoms. The standard InChI is InChI=1S/C7H13O3/c1-4-6(3)10-7(8)9-5-2/h6H,2,4-5H2,1,3H3. The minimum atomic E-state index is -0.635. The Morgan fingerprint density at radius 3 is 2.70 bits per heavy atom. The minimum Gasteiger partial charge on any atom is -0.434 e. The number of hydrogen-bond acceptors (Lipinski definition) is 3. The topological polar surface area (TPSA) is 35.5 Å². The summed E-state index contributed by atoms with van der Waals surface area (Å²) in [4.78, 5) is 10.5. The molecule has 0 N–H and O–H groups in total. The van der Waals surface area contributed by atoms with Crippen molar-refractivity contribution in [1.29, 1.82) is 0 Å². The van der Waals surface area contributed by atoms with E-state index in [1.807, 2.05) is 13.8 Å². The Morgan fingerprint density at radius 2 is 2.30 bits per heavy atom. The van der Waals surface area contributed by atoms with Crippen LogP contribution in [0.5, 0.6) is 0 Å². The summed E-state index contributed by atoms with van der Waals surface area (Å²) in [6.45, 7) is 7.20. The number of carbonyl (C=O) groups excluding carboxylic acids is 1. The van der Waals surface area contributed by atoms with Crippen LogP contribution in [0, 0.1) is 6.92 Å². The molecule has 0 heterocycles. The Labute approximate surface area is 61.3 Å². The predicted molar refractivity (Wildman–Crippen MR) is 37.5 cm³/mol. The molecule has 0 aromatic carbocycles. The van der Waals surface area contributed by atoms with E-state index in [-0.39, 0.29) is 12.7 Å². The van der Waals surface area contributed by atoms with Crippen LogP contribution in [0.1, 0.15) is 20.3 Å². The van der Waals surface area contributed by atoms with E-state index in [9.17, 15) is 4.79 Å². The first-order valence-corrected chi connectivity index (χ1v) is 3.33. The fraction of sp³-hybridized carbons (Fsp3) is 0.714.